The fourth-order valence-electron chi connectivity index (χ4n) is 3.72. The highest BCUT2D eigenvalue weighted by Crippen LogP contribution is 2.29. The van der Waals surface area contributed by atoms with E-state index in [-0.39, 0.29) is 24.4 Å². The first kappa shape index (κ1) is 20.5. The van der Waals surface area contributed by atoms with E-state index in [0.29, 0.717) is 37.0 Å². The highest BCUT2D eigenvalue weighted by Gasteiger charge is 2.32. The summed E-state index contributed by atoms with van der Waals surface area (Å²) >= 11 is 0. The van der Waals surface area contributed by atoms with E-state index in [9.17, 15) is 9.59 Å². The molecular weight excluding hydrogens is 372 g/mol. The van der Waals surface area contributed by atoms with Crippen molar-refractivity contribution in [3.8, 4) is 6.07 Å². The van der Waals surface area contributed by atoms with Gasteiger partial charge in [-0.25, -0.2) is 20.2 Å². The molecule has 10 nitrogen and oxygen atoms in total. The van der Waals surface area contributed by atoms with Crippen molar-refractivity contribution < 1.29 is 9.59 Å². The van der Waals surface area contributed by atoms with Gasteiger partial charge in [-0.05, 0) is 18.4 Å². The van der Waals surface area contributed by atoms with Crippen LogP contribution in [0, 0.1) is 17.2 Å². The van der Waals surface area contributed by atoms with E-state index >= 15 is 0 Å². The molecule has 0 bridgehead atoms. The van der Waals surface area contributed by atoms with E-state index in [0.717, 1.165) is 11.8 Å². The van der Waals surface area contributed by atoms with Gasteiger partial charge in [0.15, 0.2) is 5.65 Å². The Hall–Kier alpha value is -3.19. The number of nitriles is 1. The lowest BCUT2D eigenvalue weighted by molar-refractivity contribution is -0.131. The molecule has 2 amide bonds. The fraction of sp³-hybridized carbons (Fsp3) is 0.526. The zero-order valence-electron chi connectivity index (χ0n) is 16.9. The van der Waals surface area contributed by atoms with Gasteiger partial charge in [0.2, 0.25) is 5.91 Å². The highest BCUT2D eigenvalue weighted by molar-refractivity contribution is 5.94. The minimum atomic E-state index is -0.325. The molecule has 0 radical (unpaired) electrons. The van der Waals surface area contributed by atoms with Crippen molar-refractivity contribution in [2.24, 2.45) is 5.92 Å². The number of nitrogens with zero attached hydrogens (tertiary/aromatic N) is 6. The van der Waals surface area contributed by atoms with Crippen LogP contribution in [0.5, 0.6) is 0 Å². The van der Waals surface area contributed by atoms with Crippen LogP contribution in [-0.2, 0) is 4.79 Å². The third kappa shape index (κ3) is 4.14. The number of carbonyl (C=O) groups is 2. The predicted molar refractivity (Wildman–Crippen MR) is 108 cm³/mol. The van der Waals surface area contributed by atoms with Gasteiger partial charge >= 0.3 is 6.03 Å². The van der Waals surface area contributed by atoms with Crippen LogP contribution in [0.2, 0.25) is 0 Å². The summed E-state index contributed by atoms with van der Waals surface area (Å²) in [5.41, 5.74) is 5.90. The van der Waals surface area contributed by atoms with E-state index < -0.39 is 0 Å². The number of carbonyl (C=O) groups excluding carboxylic acids is 2. The SMILES string of the molecule is CCNNC(=O)n1ccc2c(N(C)[C@H]3CN(C(=O)CC#N)CC[C@H]3C)ncnc21. The van der Waals surface area contributed by atoms with Crippen molar-refractivity contribution in [3.05, 3.63) is 18.6 Å². The summed E-state index contributed by atoms with van der Waals surface area (Å²) in [7, 11) is 1.94. The Labute approximate surface area is 169 Å². The van der Waals surface area contributed by atoms with E-state index in [4.69, 9.17) is 5.26 Å². The monoisotopic (exact) mass is 398 g/mol. The third-order valence-electron chi connectivity index (χ3n) is 5.38. The highest BCUT2D eigenvalue weighted by atomic mass is 16.2. The van der Waals surface area contributed by atoms with Crippen LogP contribution in [0.25, 0.3) is 11.0 Å². The lowest BCUT2D eigenvalue weighted by Gasteiger charge is -2.42. The smallest absolute Gasteiger partial charge is 0.341 e. The average Bonchev–Trinajstić information content (AvgIpc) is 3.16. The van der Waals surface area contributed by atoms with Gasteiger partial charge in [-0.15, -0.1) is 0 Å². The Morgan fingerprint density at radius 2 is 2.21 bits per heavy atom. The molecule has 0 spiro atoms. The molecule has 2 atom stereocenters. The lowest BCUT2D eigenvalue weighted by atomic mass is 9.92. The standard InChI is InChI=1S/C19H26N8O2/c1-4-23-24-19(29)27-10-7-14-17(21-12-22-18(14)27)25(3)15-11-26(9-6-13(15)2)16(28)5-8-20/h7,10,12-13,15,23H,4-6,9,11H2,1-3H3,(H,24,29)/t13-,15+/m1/s1. The number of hydrazine groups is 1. The van der Waals surface area contributed by atoms with Gasteiger partial charge in [0.05, 0.1) is 17.5 Å². The number of likely N-dealkylation sites (tertiary alicyclic amines) is 1. The maximum Gasteiger partial charge on any atom is 0.341 e. The molecule has 0 aliphatic carbocycles. The zero-order valence-corrected chi connectivity index (χ0v) is 16.9. The topological polar surface area (TPSA) is 119 Å². The molecule has 2 aromatic heterocycles. The number of likely N-dealkylation sites (N-methyl/N-ethyl adjacent to an activating group) is 1. The van der Waals surface area contributed by atoms with Crippen LogP contribution in [-0.4, -0.2) is 64.1 Å². The second kappa shape index (κ2) is 8.87. The first-order valence-electron chi connectivity index (χ1n) is 9.70. The third-order valence-corrected chi connectivity index (χ3v) is 5.38. The van der Waals surface area contributed by atoms with Crippen molar-refractivity contribution in [2.75, 3.05) is 31.6 Å². The normalized spacial score (nSPS) is 19.0. The molecule has 29 heavy (non-hydrogen) atoms. The Morgan fingerprint density at radius 1 is 1.41 bits per heavy atom. The Bertz CT molecular complexity index is 934. The number of piperidine rings is 1. The van der Waals surface area contributed by atoms with Gasteiger partial charge in [0.25, 0.3) is 0 Å². The Kier molecular flexibility index (Phi) is 6.29. The van der Waals surface area contributed by atoms with E-state index in [2.05, 4.69) is 27.7 Å². The second-order valence-electron chi connectivity index (χ2n) is 7.20. The number of nitrogens with one attached hydrogen (secondary N) is 2. The molecule has 3 rings (SSSR count). The van der Waals surface area contributed by atoms with E-state index in [1.807, 2.05) is 31.0 Å². The summed E-state index contributed by atoms with van der Waals surface area (Å²) in [6.07, 6.45) is 3.85. The molecule has 0 saturated carbocycles. The largest absolute Gasteiger partial charge is 0.354 e. The zero-order chi connectivity index (χ0) is 21.0. The maximum atomic E-state index is 12.3. The molecular formula is C19H26N8O2. The molecule has 1 aliphatic heterocycles. The fourth-order valence-corrected chi connectivity index (χ4v) is 3.72. The molecule has 1 saturated heterocycles. The van der Waals surface area contributed by atoms with Crippen LogP contribution in [0.15, 0.2) is 18.6 Å². The molecule has 154 valence electrons. The van der Waals surface area contributed by atoms with Gasteiger partial charge in [0.1, 0.15) is 18.6 Å². The first-order chi connectivity index (χ1) is 14.0. The summed E-state index contributed by atoms with van der Waals surface area (Å²) in [5, 5.41) is 9.59. The molecule has 1 aliphatic rings. The minimum absolute atomic E-state index is 0.0448. The van der Waals surface area contributed by atoms with Crippen molar-refractivity contribution in [2.45, 2.75) is 32.7 Å². The maximum absolute atomic E-state index is 12.3. The molecule has 0 aromatic carbocycles. The average molecular weight is 398 g/mol. The summed E-state index contributed by atoms with van der Waals surface area (Å²) in [6.45, 7) is 5.84. The quantitative estimate of drug-likeness (QED) is 0.724. The lowest BCUT2D eigenvalue weighted by Crippen LogP contribution is -2.52. The Morgan fingerprint density at radius 3 is 2.93 bits per heavy atom. The number of anilines is 1. The molecule has 10 heteroatoms. The van der Waals surface area contributed by atoms with E-state index in [1.54, 1.807) is 11.1 Å². The van der Waals surface area contributed by atoms with E-state index in [1.165, 1.54) is 10.9 Å². The number of hydrogen-bond acceptors (Lipinski definition) is 7. The predicted octanol–water partition coefficient (Wildman–Crippen LogP) is 1.10. The van der Waals surface area contributed by atoms with Gasteiger partial charge in [0, 0.05) is 32.9 Å². The van der Waals surface area contributed by atoms with Crippen molar-refractivity contribution >= 4 is 28.8 Å². The number of amides is 2. The molecule has 0 unspecified atom stereocenters. The summed E-state index contributed by atoms with van der Waals surface area (Å²) in [4.78, 5) is 37.1. The van der Waals surface area contributed by atoms with Crippen LogP contribution in [0.1, 0.15) is 26.7 Å². The van der Waals surface area contributed by atoms with Crippen molar-refractivity contribution in [3.63, 3.8) is 0 Å². The van der Waals surface area contributed by atoms with Gasteiger partial charge in [-0.2, -0.15) is 5.26 Å². The minimum Gasteiger partial charge on any atom is -0.354 e. The van der Waals surface area contributed by atoms with Gasteiger partial charge in [-0.1, -0.05) is 13.8 Å². The number of hydrogen-bond donors (Lipinski definition) is 2. The number of fused-ring (bicyclic) bond motifs is 1. The summed E-state index contributed by atoms with van der Waals surface area (Å²) < 4.78 is 1.43. The summed E-state index contributed by atoms with van der Waals surface area (Å²) in [5.74, 6) is 0.906. The summed E-state index contributed by atoms with van der Waals surface area (Å²) in [6, 6.07) is 3.47. The van der Waals surface area contributed by atoms with Crippen molar-refractivity contribution in [1.29, 1.82) is 5.26 Å². The van der Waals surface area contributed by atoms with Crippen LogP contribution in [0.3, 0.4) is 0 Å². The van der Waals surface area contributed by atoms with Crippen molar-refractivity contribution in [1.82, 2.24) is 30.3 Å². The number of rotatable bonds is 5. The van der Waals surface area contributed by atoms with Crippen LogP contribution in [0.4, 0.5) is 10.6 Å². The first-order valence-corrected chi connectivity index (χ1v) is 9.70. The molecule has 2 aromatic rings. The van der Waals surface area contributed by atoms with Gasteiger partial charge in [-0.3, -0.25) is 14.8 Å². The van der Waals surface area contributed by atoms with Crippen LogP contribution < -0.4 is 15.8 Å². The Balaban J connectivity index is 1.87. The molecule has 2 N–H and O–H groups in total. The van der Waals surface area contributed by atoms with Gasteiger partial charge < -0.3 is 9.80 Å². The molecule has 1 fully saturated rings. The van der Waals surface area contributed by atoms with Crippen LogP contribution >= 0.6 is 0 Å². The molecule has 3 heterocycles. The second-order valence-corrected chi connectivity index (χ2v) is 7.20. The number of aromatic nitrogens is 3.